The Morgan fingerprint density at radius 2 is 1.70 bits per heavy atom. The molecular weight excluding hydrogens is 464 g/mol. The third-order valence-electron chi connectivity index (χ3n) is 8.00. The molecule has 1 atom stereocenters. The number of hydrogen-bond acceptors (Lipinski definition) is 4. The Hall–Kier alpha value is -3.74. The summed E-state index contributed by atoms with van der Waals surface area (Å²) in [4.78, 5) is 44.0. The SMILES string of the molecule is Cc1ccccc1-n1cc(CN(C)C(=O)C[C@]2(c3ccccc3C)CC(=O)N(C3CCCC3)C2=O)cn1. The highest BCUT2D eigenvalue weighted by Crippen LogP contribution is 2.44. The molecule has 7 nitrogen and oxygen atoms in total. The van der Waals surface area contributed by atoms with Crippen molar-refractivity contribution in [2.45, 2.75) is 70.4 Å². The maximum absolute atomic E-state index is 14.0. The standard InChI is InChI=1S/C30H34N4O3/c1-21-10-4-8-14-25(21)30(17-28(36)34(29(30)37)24-12-6-7-13-24)16-27(35)32(3)19-23-18-31-33(20-23)26-15-9-5-11-22(26)2/h4-5,8-11,14-15,18,20,24H,6-7,12-13,16-17,19H2,1-3H3/t30-/m1/s1. The van der Waals surface area contributed by atoms with Crippen molar-refractivity contribution >= 4 is 17.7 Å². The fourth-order valence-corrected chi connectivity index (χ4v) is 6.00. The average Bonchev–Trinajstić information content (AvgIpc) is 3.61. The predicted molar refractivity (Wildman–Crippen MR) is 141 cm³/mol. The molecule has 2 aromatic carbocycles. The zero-order valence-electron chi connectivity index (χ0n) is 21.8. The van der Waals surface area contributed by atoms with Crippen molar-refractivity contribution in [1.29, 1.82) is 0 Å². The van der Waals surface area contributed by atoms with Crippen LogP contribution < -0.4 is 0 Å². The molecule has 192 valence electrons. The van der Waals surface area contributed by atoms with Crippen molar-refractivity contribution in [3.63, 3.8) is 0 Å². The number of benzene rings is 2. The molecule has 0 bridgehead atoms. The van der Waals surface area contributed by atoms with E-state index in [0.29, 0.717) is 6.54 Å². The predicted octanol–water partition coefficient (Wildman–Crippen LogP) is 4.48. The van der Waals surface area contributed by atoms with Crippen LogP contribution in [-0.2, 0) is 26.3 Å². The Morgan fingerprint density at radius 3 is 2.41 bits per heavy atom. The highest BCUT2D eigenvalue weighted by Gasteiger charge is 2.56. The highest BCUT2D eigenvalue weighted by atomic mass is 16.2. The van der Waals surface area contributed by atoms with Gasteiger partial charge < -0.3 is 4.90 Å². The number of imide groups is 1. The summed E-state index contributed by atoms with van der Waals surface area (Å²) in [5, 5.41) is 4.49. The van der Waals surface area contributed by atoms with Crippen molar-refractivity contribution in [2.24, 2.45) is 0 Å². The van der Waals surface area contributed by atoms with Crippen LogP contribution in [0.2, 0.25) is 0 Å². The van der Waals surface area contributed by atoms with E-state index in [4.69, 9.17) is 0 Å². The lowest BCUT2D eigenvalue weighted by Crippen LogP contribution is -2.45. The first kappa shape index (κ1) is 24.9. The van der Waals surface area contributed by atoms with Gasteiger partial charge in [-0.3, -0.25) is 19.3 Å². The Labute approximate surface area is 218 Å². The van der Waals surface area contributed by atoms with E-state index in [9.17, 15) is 14.4 Å². The molecule has 3 aromatic rings. The Balaban J connectivity index is 1.39. The third-order valence-corrected chi connectivity index (χ3v) is 8.00. The number of aromatic nitrogens is 2. The van der Waals surface area contributed by atoms with E-state index >= 15 is 0 Å². The van der Waals surface area contributed by atoms with Crippen molar-refractivity contribution in [1.82, 2.24) is 19.6 Å². The maximum atomic E-state index is 14.0. The third kappa shape index (κ3) is 4.59. The van der Waals surface area contributed by atoms with E-state index in [1.807, 2.05) is 73.3 Å². The number of aryl methyl sites for hydroxylation is 2. The van der Waals surface area contributed by atoms with Gasteiger partial charge in [0, 0.05) is 44.2 Å². The van der Waals surface area contributed by atoms with Gasteiger partial charge in [0.1, 0.15) is 0 Å². The van der Waals surface area contributed by atoms with Crippen molar-refractivity contribution in [3.8, 4) is 5.69 Å². The van der Waals surface area contributed by atoms with Crippen LogP contribution in [0.25, 0.3) is 5.69 Å². The number of para-hydroxylation sites is 1. The van der Waals surface area contributed by atoms with Gasteiger partial charge in [-0.25, -0.2) is 4.68 Å². The minimum absolute atomic E-state index is 0.0337. The molecule has 1 saturated carbocycles. The normalized spacial score (nSPS) is 20.1. The second kappa shape index (κ2) is 9.96. The lowest BCUT2D eigenvalue weighted by molar-refractivity contribution is -0.144. The zero-order valence-corrected chi connectivity index (χ0v) is 21.8. The first-order chi connectivity index (χ1) is 17.8. The smallest absolute Gasteiger partial charge is 0.241 e. The summed E-state index contributed by atoms with van der Waals surface area (Å²) in [7, 11) is 1.75. The topological polar surface area (TPSA) is 75.5 Å². The van der Waals surface area contributed by atoms with Gasteiger partial charge in [0.25, 0.3) is 0 Å². The molecule has 2 aliphatic rings. The Morgan fingerprint density at radius 1 is 1.03 bits per heavy atom. The van der Waals surface area contributed by atoms with Crippen molar-refractivity contribution in [2.75, 3.05) is 7.05 Å². The van der Waals surface area contributed by atoms with E-state index in [1.165, 1.54) is 4.90 Å². The molecule has 0 N–H and O–H groups in total. The molecule has 7 heteroatoms. The Kier molecular flexibility index (Phi) is 6.71. The van der Waals surface area contributed by atoms with Crippen LogP contribution in [0.5, 0.6) is 0 Å². The molecule has 0 radical (unpaired) electrons. The monoisotopic (exact) mass is 498 g/mol. The quantitative estimate of drug-likeness (QED) is 0.450. The fraction of sp³-hybridized carbons (Fsp3) is 0.400. The van der Waals surface area contributed by atoms with E-state index in [1.54, 1.807) is 18.1 Å². The first-order valence-corrected chi connectivity index (χ1v) is 13.1. The lowest BCUT2D eigenvalue weighted by Gasteiger charge is -2.31. The summed E-state index contributed by atoms with van der Waals surface area (Å²) in [5.41, 5.74) is 3.53. The van der Waals surface area contributed by atoms with Crippen LogP contribution >= 0.6 is 0 Å². The highest BCUT2D eigenvalue weighted by molar-refractivity contribution is 6.11. The number of carbonyl (C=O) groups is 3. The lowest BCUT2D eigenvalue weighted by atomic mass is 9.74. The second-order valence-electron chi connectivity index (χ2n) is 10.6. The molecule has 3 amide bonds. The molecule has 0 spiro atoms. The molecule has 1 aromatic heterocycles. The van der Waals surface area contributed by atoms with E-state index in [-0.39, 0.29) is 36.6 Å². The van der Waals surface area contributed by atoms with Crippen LogP contribution in [0, 0.1) is 13.8 Å². The molecule has 1 saturated heterocycles. The van der Waals surface area contributed by atoms with Gasteiger partial charge in [-0.15, -0.1) is 0 Å². The number of carbonyl (C=O) groups excluding carboxylic acids is 3. The molecular formula is C30H34N4O3. The van der Waals surface area contributed by atoms with Crippen molar-refractivity contribution in [3.05, 3.63) is 83.2 Å². The van der Waals surface area contributed by atoms with E-state index in [0.717, 1.165) is 53.6 Å². The second-order valence-corrected chi connectivity index (χ2v) is 10.6. The Bertz CT molecular complexity index is 1340. The van der Waals surface area contributed by atoms with Crippen LogP contribution in [0.15, 0.2) is 60.9 Å². The van der Waals surface area contributed by atoms with Crippen molar-refractivity contribution < 1.29 is 14.4 Å². The van der Waals surface area contributed by atoms with Crippen LogP contribution in [0.1, 0.15) is 60.8 Å². The zero-order chi connectivity index (χ0) is 26.2. The fourth-order valence-electron chi connectivity index (χ4n) is 6.00. The molecule has 2 heterocycles. The van der Waals surface area contributed by atoms with Gasteiger partial charge in [0.15, 0.2) is 0 Å². The average molecular weight is 499 g/mol. The van der Waals surface area contributed by atoms with Gasteiger partial charge in [0.2, 0.25) is 17.7 Å². The van der Waals surface area contributed by atoms with Gasteiger partial charge in [-0.2, -0.15) is 5.10 Å². The summed E-state index contributed by atoms with van der Waals surface area (Å²) in [5.74, 6) is -0.538. The summed E-state index contributed by atoms with van der Waals surface area (Å²) in [6.45, 7) is 4.34. The van der Waals surface area contributed by atoms with Gasteiger partial charge in [-0.05, 0) is 49.4 Å². The number of rotatable bonds is 7. The number of amides is 3. The molecule has 37 heavy (non-hydrogen) atoms. The summed E-state index contributed by atoms with van der Waals surface area (Å²) in [6, 6.07) is 15.6. The number of nitrogens with zero attached hydrogens (tertiary/aromatic N) is 4. The van der Waals surface area contributed by atoms with Crippen LogP contribution in [-0.4, -0.2) is 50.4 Å². The molecule has 0 unspecified atom stereocenters. The molecule has 1 aliphatic heterocycles. The van der Waals surface area contributed by atoms with E-state index in [2.05, 4.69) is 5.10 Å². The first-order valence-electron chi connectivity index (χ1n) is 13.1. The summed E-state index contributed by atoms with van der Waals surface area (Å²) >= 11 is 0. The van der Waals surface area contributed by atoms with Crippen LogP contribution in [0.3, 0.4) is 0 Å². The minimum atomic E-state index is -1.16. The largest absolute Gasteiger partial charge is 0.341 e. The minimum Gasteiger partial charge on any atom is -0.341 e. The molecule has 2 fully saturated rings. The van der Waals surface area contributed by atoms with E-state index < -0.39 is 5.41 Å². The number of hydrogen-bond donors (Lipinski definition) is 0. The van der Waals surface area contributed by atoms with Gasteiger partial charge >= 0.3 is 0 Å². The summed E-state index contributed by atoms with van der Waals surface area (Å²) in [6.07, 6.45) is 7.44. The van der Waals surface area contributed by atoms with Crippen LogP contribution in [0.4, 0.5) is 0 Å². The summed E-state index contributed by atoms with van der Waals surface area (Å²) < 4.78 is 1.82. The molecule has 5 rings (SSSR count). The maximum Gasteiger partial charge on any atom is 0.241 e. The number of likely N-dealkylation sites (tertiary alicyclic amines) is 1. The van der Waals surface area contributed by atoms with Gasteiger partial charge in [-0.1, -0.05) is 55.3 Å². The van der Waals surface area contributed by atoms with Gasteiger partial charge in [0.05, 0.1) is 17.3 Å². The molecule has 1 aliphatic carbocycles.